The molecule has 0 radical (unpaired) electrons. The number of azide groups is 1. The van der Waals surface area contributed by atoms with Gasteiger partial charge in [0.25, 0.3) is 0 Å². The van der Waals surface area contributed by atoms with Crippen molar-refractivity contribution in [2.75, 3.05) is 6.61 Å². The number of hydrogen-bond acceptors (Lipinski definition) is 5. The molecule has 0 amide bonds. The van der Waals surface area contributed by atoms with Crippen molar-refractivity contribution in [3.8, 4) is 0 Å². The van der Waals surface area contributed by atoms with E-state index in [-0.39, 0.29) is 6.10 Å². The fourth-order valence-corrected chi connectivity index (χ4v) is 2.52. The van der Waals surface area contributed by atoms with Gasteiger partial charge in [0.05, 0.1) is 19.3 Å². The molecule has 0 aromatic heterocycles. The van der Waals surface area contributed by atoms with E-state index in [9.17, 15) is 5.11 Å². The molecule has 7 nitrogen and oxygen atoms in total. The van der Waals surface area contributed by atoms with Gasteiger partial charge in [-0.2, -0.15) is 0 Å². The van der Waals surface area contributed by atoms with Gasteiger partial charge in [0, 0.05) is 4.91 Å². The van der Waals surface area contributed by atoms with Crippen LogP contribution in [0.15, 0.2) is 35.4 Å². The molecule has 2 aliphatic rings. The van der Waals surface area contributed by atoms with Gasteiger partial charge in [-0.1, -0.05) is 35.4 Å². The fourth-order valence-electron chi connectivity index (χ4n) is 2.52. The third-order valence-corrected chi connectivity index (χ3v) is 3.54. The van der Waals surface area contributed by atoms with Gasteiger partial charge in [-0.3, -0.25) is 0 Å². The van der Waals surface area contributed by atoms with Crippen molar-refractivity contribution in [3.05, 3.63) is 46.3 Å². The first kappa shape index (κ1) is 13.4. The molecule has 5 atom stereocenters. The van der Waals surface area contributed by atoms with E-state index in [1.807, 2.05) is 30.3 Å². The average molecular weight is 277 g/mol. The molecule has 2 aliphatic heterocycles. The number of ether oxygens (including phenoxy) is 3. The Morgan fingerprint density at radius 2 is 2.20 bits per heavy atom. The minimum atomic E-state index is -0.930. The first-order valence-electron chi connectivity index (χ1n) is 6.44. The van der Waals surface area contributed by atoms with Crippen LogP contribution in [0.25, 0.3) is 10.4 Å². The molecule has 1 aromatic rings. The summed E-state index contributed by atoms with van der Waals surface area (Å²) in [4.78, 5) is 2.73. The van der Waals surface area contributed by atoms with E-state index in [2.05, 4.69) is 10.0 Å². The summed E-state index contributed by atoms with van der Waals surface area (Å²) in [6, 6.07) is 8.87. The van der Waals surface area contributed by atoms with Gasteiger partial charge in [0.2, 0.25) is 0 Å². The lowest BCUT2D eigenvalue weighted by atomic mass is 9.99. The fraction of sp³-hybridized carbons (Fsp3) is 0.538. The van der Waals surface area contributed by atoms with Crippen molar-refractivity contribution in [2.24, 2.45) is 5.11 Å². The van der Waals surface area contributed by atoms with Gasteiger partial charge >= 0.3 is 0 Å². The van der Waals surface area contributed by atoms with E-state index in [0.717, 1.165) is 5.56 Å². The zero-order valence-electron chi connectivity index (χ0n) is 10.7. The van der Waals surface area contributed by atoms with E-state index < -0.39 is 24.5 Å². The van der Waals surface area contributed by atoms with Crippen molar-refractivity contribution in [1.82, 2.24) is 0 Å². The summed E-state index contributed by atoms with van der Waals surface area (Å²) in [5.41, 5.74) is 9.55. The van der Waals surface area contributed by atoms with Crippen LogP contribution in [0.5, 0.6) is 0 Å². The van der Waals surface area contributed by atoms with Gasteiger partial charge in [-0.25, -0.2) is 0 Å². The topological polar surface area (TPSA) is 96.7 Å². The predicted octanol–water partition coefficient (Wildman–Crippen LogP) is 1.37. The predicted molar refractivity (Wildman–Crippen MR) is 68.6 cm³/mol. The summed E-state index contributed by atoms with van der Waals surface area (Å²) < 4.78 is 16.7. The van der Waals surface area contributed by atoms with Crippen LogP contribution >= 0.6 is 0 Å². The number of benzene rings is 1. The molecule has 2 heterocycles. The SMILES string of the molecule is [N-]=[N+]=N[C@H]1[C@H]2OC[C@@H](O2)[C@@H](OCc2ccccc2)[C@H]1O. The Morgan fingerprint density at radius 1 is 1.40 bits per heavy atom. The maximum Gasteiger partial charge on any atom is 0.169 e. The number of rotatable bonds is 4. The Balaban J connectivity index is 1.70. The zero-order valence-corrected chi connectivity index (χ0v) is 10.7. The highest BCUT2D eigenvalue weighted by atomic mass is 16.7. The molecule has 2 bridgehead atoms. The lowest BCUT2D eigenvalue weighted by Gasteiger charge is -2.35. The molecule has 0 saturated carbocycles. The summed E-state index contributed by atoms with van der Waals surface area (Å²) in [5, 5.41) is 13.8. The highest BCUT2D eigenvalue weighted by Gasteiger charge is 2.50. The second kappa shape index (κ2) is 5.78. The van der Waals surface area contributed by atoms with Crippen molar-refractivity contribution in [2.45, 2.75) is 37.3 Å². The van der Waals surface area contributed by atoms with Gasteiger partial charge in [-0.05, 0) is 11.1 Å². The molecule has 20 heavy (non-hydrogen) atoms. The van der Waals surface area contributed by atoms with Crippen LogP contribution in [0.4, 0.5) is 0 Å². The Kier molecular flexibility index (Phi) is 3.86. The standard InChI is InChI=1S/C13H15N3O4/c14-16-15-10-11(17)12(9-7-19-13(10)20-9)18-6-8-4-2-1-3-5-8/h1-5,9-13,17H,6-7H2/t9-,10-,11+,12-,13+/m1/s1. The van der Waals surface area contributed by atoms with Crippen molar-refractivity contribution in [3.63, 3.8) is 0 Å². The second-order valence-electron chi connectivity index (χ2n) is 4.82. The number of nitrogens with zero attached hydrogens (tertiary/aromatic N) is 3. The number of aliphatic hydroxyl groups excluding tert-OH is 1. The zero-order chi connectivity index (χ0) is 13.9. The maximum atomic E-state index is 10.3. The molecular formula is C13H15N3O4. The second-order valence-corrected chi connectivity index (χ2v) is 4.82. The minimum absolute atomic E-state index is 0.330. The van der Waals surface area contributed by atoms with Gasteiger partial charge in [0.15, 0.2) is 6.29 Å². The summed E-state index contributed by atoms with van der Waals surface area (Å²) in [6.45, 7) is 0.689. The molecule has 7 heteroatoms. The van der Waals surface area contributed by atoms with Crippen LogP contribution < -0.4 is 0 Å². The molecule has 1 aromatic carbocycles. The lowest BCUT2D eigenvalue weighted by molar-refractivity contribution is -0.195. The molecule has 1 N–H and O–H groups in total. The number of fused-ring (bicyclic) bond motifs is 2. The number of hydrogen-bond donors (Lipinski definition) is 1. The highest BCUT2D eigenvalue weighted by molar-refractivity contribution is 5.13. The van der Waals surface area contributed by atoms with Gasteiger partial charge in [-0.15, -0.1) is 0 Å². The monoisotopic (exact) mass is 277 g/mol. The lowest BCUT2D eigenvalue weighted by Crippen LogP contribution is -2.53. The molecule has 2 saturated heterocycles. The molecule has 0 unspecified atom stereocenters. The van der Waals surface area contributed by atoms with E-state index >= 15 is 0 Å². The van der Waals surface area contributed by atoms with Crippen molar-refractivity contribution < 1.29 is 19.3 Å². The smallest absolute Gasteiger partial charge is 0.169 e. The van der Waals surface area contributed by atoms with Gasteiger partial charge < -0.3 is 19.3 Å². The van der Waals surface area contributed by atoms with E-state index in [0.29, 0.717) is 13.2 Å². The third-order valence-electron chi connectivity index (χ3n) is 3.54. The van der Waals surface area contributed by atoms with Crippen LogP contribution in [0, 0.1) is 0 Å². The van der Waals surface area contributed by atoms with Crippen molar-refractivity contribution in [1.29, 1.82) is 0 Å². The molecular weight excluding hydrogens is 262 g/mol. The minimum Gasteiger partial charge on any atom is -0.390 e. The Hall–Kier alpha value is -1.63. The summed E-state index contributed by atoms with van der Waals surface area (Å²) in [7, 11) is 0. The first-order chi connectivity index (χ1) is 9.79. The summed E-state index contributed by atoms with van der Waals surface area (Å²) >= 11 is 0. The molecule has 3 rings (SSSR count). The van der Waals surface area contributed by atoms with Crippen LogP contribution in [0.3, 0.4) is 0 Å². The van der Waals surface area contributed by atoms with Crippen molar-refractivity contribution >= 4 is 0 Å². The Bertz CT molecular complexity index is 506. The third kappa shape index (κ3) is 2.49. The number of aliphatic hydroxyl groups is 1. The van der Waals surface area contributed by atoms with E-state index in [1.165, 1.54) is 0 Å². The average Bonchev–Trinajstić information content (AvgIpc) is 2.90. The molecule has 106 valence electrons. The summed E-state index contributed by atoms with van der Waals surface area (Å²) in [6.07, 6.45) is -2.50. The molecule has 2 fully saturated rings. The highest BCUT2D eigenvalue weighted by Crippen LogP contribution is 2.32. The molecule has 0 aliphatic carbocycles. The van der Waals surface area contributed by atoms with Crippen LogP contribution in [-0.2, 0) is 20.8 Å². The summed E-state index contributed by atoms with van der Waals surface area (Å²) in [5.74, 6) is 0. The molecule has 0 spiro atoms. The van der Waals surface area contributed by atoms with E-state index in [1.54, 1.807) is 0 Å². The normalized spacial score (nSPS) is 35.5. The maximum absolute atomic E-state index is 10.3. The first-order valence-corrected chi connectivity index (χ1v) is 6.44. The Morgan fingerprint density at radius 3 is 2.95 bits per heavy atom. The Labute approximate surface area is 115 Å². The largest absolute Gasteiger partial charge is 0.390 e. The van der Waals surface area contributed by atoms with Crippen LogP contribution in [0.1, 0.15) is 5.56 Å². The van der Waals surface area contributed by atoms with E-state index in [4.69, 9.17) is 19.7 Å². The van der Waals surface area contributed by atoms with Gasteiger partial charge in [0.1, 0.15) is 18.2 Å². The quantitative estimate of drug-likeness (QED) is 0.510. The van der Waals surface area contributed by atoms with Crippen LogP contribution in [0.2, 0.25) is 0 Å². The van der Waals surface area contributed by atoms with Crippen LogP contribution in [-0.4, -0.2) is 42.4 Å².